The van der Waals surface area contributed by atoms with Crippen LogP contribution in [0.25, 0.3) is 11.3 Å². The van der Waals surface area contributed by atoms with Crippen molar-refractivity contribution in [3.05, 3.63) is 76.8 Å². The van der Waals surface area contributed by atoms with Crippen LogP contribution in [0, 0.1) is 30.7 Å². The van der Waals surface area contributed by atoms with E-state index in [0.29, 0.717) is 11.3 Å². The van der Waals surface area contributed by atoms with Gasteiger partial charge in [0.15, 0.2) is 5.69 Å². The zero-order chi connectivity index (χ0) is 20.6. The van der Waals surface area contributed by atoms with Crippen LogP contribution in [0.5, 0.6) is 0 Å². The molecule has 0 aliphatic rings. The van der Waals surface area contributed by atoms with E-state index in [1.165, 1.54) is 0 Å². The van der Waals surface area contributed by atoms with Gasteiger partial charge in [0.05, 0.1) is 5.69 Å². The van der Waals surface area contributed by atoms with Gasteiger partial charge in [0.1, 0.15) is 17.7 Å². The summed E-state index contributed by atoms with van der Waals surface area (Å²) in [4.78, 5) is 22.8. The quantitative estimate of drug-likeness (QED) is 0.372. The second-order valence-corrected chi connectivity index (χ2v) is 6.79. The molecule has 29 heavy (non-hydrogen) atoms. The minimum Gasteiger partial charge on any atom is -0.477 e. The number of hydrogen-bond acceptors (Lipinski definition) is 4. The maximum absolute atomic E-state index is 14.1. The van der Waals surface area contributed by atoms with Gasteiger partial charge < -0.3 is 10.1 Å². The van der Waals surface area contributed by atoms with Gasteiger partial charge in [0, 0.05) is 38.2 Å². The number of hydrogen-bond donors (Lipinski definition) is 1. The zero-order valence-electron chi connectivity index (χ0n) is 15.5. The number of halogens is 3. The first kappa shape index (κ1) is 22.7. The van der Waals surface area contributed by atoms with E-state index in [1.807, 2.05) is 0 Å². The molecule has 0 amide bonds. The molecule has 5 nitrogen and oxygen atoms in total. The van der Waals surface area contributed by atoms with Crippen molar-refractivity contribution in [2.75, 3.05) is 0 Å². The molecule has 0 saturated heterocycles. The first-order chi connectivity index (χ1) is 13.1. The number of nitrogens with zero attached hydrogens (tertiary/aromatic N) is 3. The fraction of sp³-hybridized carbons (Fsp3) is 0.200. The maximum atomic E-state index is 14.1. The third kappa shape index (κ3) is 4.70. The molecule has 3 aromatic heterocycles. The molecule has 0 unspecified atom stereocenters. The molecule has 1 N–H and O–H groups in total. The normalized spacial score (nSPS) is 11.1. The van der Waals surface area contributed by atoms with E-state index in [9.17, 15) is 18.0 Å². The second-order valence-electron chi connectivity index (χ2n) is 6.79. The molecular formula is C20H15F3N3O2Pt-. The first-order valence-corrected chi connectivity index (χ1v) is 8.22. The minimum absolute atomic E-state index is 0. The van der Waals surface area contributed by atoms with E-state index in [1.54, 1.807) is 32.9 Å². The Balaban J connectivity index is 0.00000300. The Hall–Kier alpha value is -2.60. The van der Waals surface area contributed by atoms with Gasteiger partial charge in [-0.2, -0.15) is 0 Å². The van der Waals surface area contributed by atoms with E-state index in [4.69, 9.17) is 5.11 Å². The Morgan fingerprint density at radius 2 is 1.69 bits per heavy atom. The van der Waals surface area contributed by atoms with Crippen molar-refractivity contribution in [2.24, 2.45) is 0 Å². The summed E-state index contributed by atoms with van der Waals surface area (Å²) in [5.41, 5.74) is -0.122. The van der Waals surface area contributed by atoms with Crippen molar-refractivity contribution in [1.29, 1.82) is 0 Å². The molecule has 3 heterocycles. The van der Waals surface area contributed by atoms with Crippen LogP contribution in [0.4, 0.5) is 13.2 Å². The van der Waals surface area contributed by atoms with Gasteiger partial charge in [-0.05, 0) is 38.6 Å². The van der Waals surface area contributed by atoms with Crippen LogP contribution >= 0.6 is 0 Å². The number of pyridine rings is 3. The van der Waals surface area contributed by atoms with E-state index in [0.717, 1.165) is 18.2 Å². The molecule has 0 aliphatic carbocycles. The summed E-state index contributed by atoms with van der Waals surface area (Å²) in [6.07, 6.45) is 0. The molecule has 0 bridgehead atoms. The fourth-order valence-corrected chi connectivity index (χ4v) is 2.73. The Morgan fingerprint density at radius 1 is 1.03 bits per heavy atom. The standard InChI is InChI=1S/C20H15F3N3O2.Pt/c1-10-6-13(12-4-5-17(22)26-18(12)23)24-15(7-10)20(2,3)16-9-11(21)8-14(25-16)19(27)28;/h5-9H,1-3H3,(H,27,28);/q-1;. The van der Waals surface area contributed by atoms with Crippen LogP contribution in [0.2, 0.25) is 0 Å². The van der Waals surface area contributed by atoms with Crippen molar-refractivity contribution in [2.45, 2.75) is 26.2 Å². The Kier molecular flexibility index (Phi) is 6.58. The topological polar surface area (TPSA) is 76.0 Å². The van der Waals surface area contributed by atoms with Crippen LogP contribution in [0.3, 0.4) is 0 Å². The SMILES string of the molecule is Cc1cc(-c2[c-]cc(F)nc2F)nc(C(C)(C)c2cc(F)cc(C(=O)O)n2)c1.[Pt]. The molecule has 0 saturated carbocycles. The summed E-state index contributed by atoms with van der Waals surface area (Å²) in [5, 5.41) is 9.13. The van der Waals surface area contributed by atoms with E-state index >= 15 is 0 Å². The molecule has 3 rings (SSSR count). The number of carboxylic acids is 1. The predicted molar refractivity (Wildman–Crippen MR) is 94.2 cm³/mol. The van der Waals surface area contributed by atoms with Gasteiger partial charge in [0.2, 0.25) is 0 Å². The van der Waals surface area contributed by atoms with Gasteiger partial charge in [-0.3, -0.25) is 4.98 Å². The fourth-order valence-electron chi connectivity index (χ4n) is 2.73. The molecule has 9 heteroatoms. The second kappa shape index (κ2) is 8.41. The van der Waals surface area contributed by atoms with Crippen LogP contribution < -0.4 is 0 Å². The van der Waals surface area contributed by atoms with Crippen LogP contribution in [0.1, 0.15) is 41.3 Å². The van der Waals surface area contributed by atoms with Crippen molar-refractivity contribution in [3.8, 4) is 11.3 Å². The van der Waals surface area contributed by atoms with Crippen molar-refractivity contribution >= 4 is 5.97 Å². The minimum atomic E-state index is -1.36. The third-order valence-electron chi connectivity index (χ3n) is 4.26. The largest absolute Gasteiger partial charge is 0.477 e. The van der Waals surface area contributed by atoms with Gasteiger partial charge in [-0.1, -0.05) is 23.3 Å². The van der Waals surface area contributed by atoms with E-state index in [2.05, 4.69) is 21.0 Å². The molecule has 0 aliphatic heterocycles. The Labute approximate surface area is 179 Å². The maximum Gasteiger partial charge on any atom is 0.354 e. The number of rotatable bonds is 4. The molecule has 0 radical (unpaired) electrons. The number of aromatic carboxylic acids is 1. The smallest absolute Gasteiger partial charge is 0.354 e. The summed E-state index contributed by atoms with van der Waals surface area (Å²) >= 11 is 0. The van der Waals surface area contributed by atoms with Gasteiger partial charge in [-0.25, -0.2) is 22.9 Å². The molecular weight excluding hydrogens is 566 g/mol. The summed E-state index contributed by atoms with van der Waals surface area (Å²) < 4.78 is 41.1. The molecule has 0 fully saturated rings. The number of aryl methyl sites for hydroxylation is 1. The molecule has 0 spiro atoms. The zero-order valence-corrected chi connectivity index (χ0v) is 17.8. The van der Waals surface area contributed by atoms with E-state index in [-0.39, 0.29) is 38.0 Å². The Morgan fingerprint density at radius 3 is 2.31 bits per heavy atom. The first-order valence-electron chi connectivity index (χ1n) is 8.22. The van der Waals surface area contributed by atoms with E-state index < -0.39 is 34.8 Å². The average Bonchev–Trinajstić information content (AvgIpc) is 2.60. The van der Waals surface area contributed by atoms with Gasteiger partial charge >= 0.3 is 5.97 Å². The molecule has 0 atom stereocenters. The number of carboxylic acid groups (broad SMARTS) is 1. The summed E-state index contributed by atoms with van der Waals surface area (Å²) in [6, 6.07) is 8.61. The number of aromatic nitrogens is 3. The van der Waals surface area contributed by atoms with Crippen molar-refractivity contribution in [3.63, 3.8) is 0 Å². The molecule has 0 aromatic carbocycles. The molecule has 3 aromatic rings. The van der Waals surface area contributed by atoms with Gasteiger partial charge in [0.25, 0.3) is 0 Å². The number of carbonyl (C=O) groups is 1. The predicted octanol–water partition coefficient (Wildman–Crippen LogP) is 4.09. The summed E-state index contributed by atoms with van der Waals surface area (Å²) in [5.74, 6) is -4.16. The van der Waals surface area contributed by atoms with Crippen LogP contribution in [0.15, 0.2) is 30.3 Å². The third-order valence-corrected chi connectivity index (χ3v) is 4.26. The van der Waals surface area contributed by atoms with Gasteiger partial charge in [-0.15, -0.1) is 6.07 Å². The average molecular weight is 581 g/mol. The van der Waals surface area contributed by atoms with Crippen molar-refractivity contribution in [1.82, 2.24) is 15.0 Å². The summed E-state index contributed by atoms with van der Waals surface area (Å²) in [6.45, 7) is 5.13. The summed E-state index contributed by atoms with van der Waals surface area (Å²) in [7, 11) is 0. The van der Waals surface area contributed by atoms with Crippen LogP contribution in [-0.4, -0.2) is 26.0 Å². The van der Waals surface area contributed by atoms with Crippen molar-refractivity contribution < 1.29 is 44.1 Å². The molecule has 154 valence electrons. The monoisotopic (exact) mass is 581 g/mol. The Bertz CT molecular complexity index is 1090. The van der Waals surface area contributed by atoms with Crippen LogP contribution in [-0.2, 0) is 26.5 Å².